The second-order valence-corrected chi connectivity index (χ2v) is 15.8. The van der Waals surface area contributed by atoms with Gasteiger partial charge in [-0.15, -0.1) is 5.10 Å². The number of anilines is 5. The average Bonchev–Trinajstić information content (AvgIpc) is 3.82. The lowest BCUT2D eigenvalue weighted by molar-refractivity contribution is -0.139. The maximum atomic E-state index is 14.8. The summed E-state index contributed by atoms with van der Waals surface area (Å²) >= 11 is 0. The lowest BCUT2D eigenvalue weighted by Crippen LogP contribution is -2.44. The molecule has 0 aliphatic carbocycles. The van der Waals surface area contributed by atoms with Crippen molar-refractivity contribution in [3.63, 3.8) is 0 Å². The molecule has 11 nitrogen and oxygen atoms in total. The van der Waals surface area contributed by atoms with Crippen LogP contribution in [0, 0.1) is 5.92 Å². The van der Waals surface area contributed by atoms with Gasteiger partial charge in [0.1, 0.15) is 0 Å². The number of fused-ring (bicyclic) bond motifs is 3. The van der Waals surface area contributed by atoms with Gasteiger partial charge in [0.25, 0.3) is 5.91 Å². The van der Waals surface area contributed by atoms with Gasteiger partial charge in [-0.1, -0.05) is 103 Å². The summed E-state index contributed by atoms with van der Waals surface area (Å²) in [6.45, 7) is 2.39. The molecule has 5 aromatic carbocycles. The zero-order valence-electron chi connectivity index (χ0n) is 33.4. The molecule has 0 spiro atoms. The fourth-order valence-electron chi connectivity index (χ4n) is 8.91. The van der Waals surface area contributed by atoms with Crippen LogP contribution in [0.3, 0.4) is 0 Å². The third-order valence-electron chi connectivity index (χ3n) is 12.1. The Balaban J connectivity index is 1.01. The number of allylic oxidation sites excluding steroid dienone is 1. The van der Waals surface area contributed by atoms with Crippen molar-refractivity contribution in [1.82, 2.24) is 15.0 Å². The van der Waals surface area contributed by atoms with Crippen molar-refractivity contribution < 1.29 is 24.6 Å². The van der Waals surface area contributed by atoms with Crippen LogP contribution in [0.4, 0.5) is 28.4 Å². The summed E-state index contributed by atoms with van der Waals surface area (Å²) < 4.78 is 1.73. The minimum Gasteiger partial charge on any atom is -0.395 e. The van der Waals surface area contributed by atoms with Crippen LogP contribution in [0.5, 0.6) is 0 Å². The molecule has 1 unspecified atom stereocenters. The number of aromatic nitrogens is 3. The first-order chi connectivity index (χ1) is 29.2. The molecule has 2 N–H and O–H groups in total. The molecule has 60 heavy (non-hydrogen) atoms. The number of para-hydroxylation sites is 2. The van der Waals surface area contributed by atoms with Crippen LogP contribution in [0.1, 0.15) is 65.6 Å². The Morgan fingerprint density at radius 1 is 0.733 bits per heavy atom. The zero-order chi connectivity index (χ0) is 41.4. The molecule has 0 saturated carbocycles. The van der Waals surface area contributed by atoms with Crippen molar-refractivity contribution in [3.8, 4) is 0 Å². The molecule has 11 heteroatoms. The monoisotopic (exact) mass is 798 g/mol. The van der Waals surface area contributed by atoms with Crippen LogP contribution in [0.2, 0.25) is 0 Å². The molecule has 9 rings (SSSR count). The van der Waals surface area contributed by atoms with E-state index in [1.54, 1.807) is 25.4 Å². The van der Waals surface area contributed by atoms with Gasteiger partial charge in [-0.3, -0.25) is 28.9 Å². The topological polar surface area (TPSA) is 132 Å². The van der Waals surface area contributed by atoms with Gasteiger partial charge in [0.15, 0.2) is 5.60 Å². The van der Waals surface area contributed by atoms with Gasteiger partial charge in [-0.25, -0.2) is 0 Å². The third-order valence-corrected chi connectivity index (χ3v) is 12.1. The molecule has 3 aliphatic heterocycles. The van der Waals surface area contributed by atoms with E-state index in [9.17, 15) is 24.6 Å². The maximum Gasteiger partial charge on any atom is 0.264 e. The number of carbonyl (C=O) groups is 3. The molecular formula is C49H46N6O5. The Labute approximate surface area is 348 Å². The summed E-state index contributed by atoms with van der Waals surface area (Å²) in [5, 5.41) is 31.5. The van der Waals surface area contributed by atoms with Gasteiger partial charge in [0.2, 0.25) is 11.8 Å². The minimum atomic E-state index is -1.95. The van der Waals surface area contributed by atoms with Crippen molar-refractivity contribution in [1.29, 1.82) is 0 Å². The van der Waals surface area contributed by atoms with E-state index in [0.29, 0.717) is 67.0 Å². The fourth-order valence-corrected chi connectivity index (χ4v) is 8.91. The van der Waals surface area contributed by atoms with Gasteiger partial charge in [0, 0.05) is 48.4 Å². The average molecular weight is 799 g/mol. The summed E-state index contributed by atoms with van der Waals surface area (Å²) in [4.78, 5) is 46.7. The number of benzene rings is 5. The fraction of sp³-hybridized carbons (Fsp3) is 0.245. The Kier molecular flexibility index (Phi) is 10.5. The van der Waals surface area contributed by atoms with Crippen molar-refractivity contribution in [2.24, 2.45) is 5.92 Å². The van der Waals surface area contributed by atoms with E-state index < -0.39 is 17.4 Å². The van der Waals surface area contributed by atoms with Gasteiger partial charge in [-0.2, -0.15) is 0 Å². The molecule has 0 radical (unpaired) electrons. The Morgan fingerprint density at radius 2 is 1.38 bits per heavy atom. The highest BCUT2D eigenvalue weighted by atomic mass is 16.3. The highest BCUT2D eigenvalue weighted by Gasteiger charge is 2.53. The quantitative estimate of drug-likeness (QED) is 0.122. The van der Waals surface area contributed by atoms with Crippen LogP contribution < -0.4 is 14.7 Å². The van der Waals surface area contributed by atoms with Crippen LogP contribution in [-0.4, -0.2) is 49.5 Å². The van der Waals surface area contributed by atoms with E-state index in [-0.39, 0.29) is 30.9 Å². The van der Waals surface area contributed by atoms with Gasteiger partial charge >= 0.3 is 0 Å². The minimum absolute atomic E-state index is 0.00981. The molecule has 3 atom stereocenters. The van der Waals surface area contributed by atoms with Crippen molar-refractivity contribution in [2.45, 2.75) is 63.6 Å². The summed E-state index contributed by atoms with van der Waals surface area (Å²) in [5.74, 6) is -1.46. The maximum absolute atomic E-state index is 14.8. The van der Waals surface area contributed by atoms with E-state index in [0.717, 1.165) is 33.6 Å². The number of aliphatic hydroxyl groups is 2. The second kappa shape index (κ2) is 16.2. The van der Waals surface area contributed by atoms with E-state index >= 15 is 0 Å². The lowest BCUT2D eigenvalue weighted by Gasteiger charge is -2.31. The zero-order valence-corrected chi connectivity index (χ0v) is 33.4. The highest BCUT2D eigenvalue weighted by molar-refractivity contribution is 6.09. The molecule has 0 bridgehead atoms. The molecular weight excluding hydrogens is 753 g/mol. The number of rotatable bonds is 12. The van der Waals surface area contributed by atoms with Crippen molar-refractivity contribution in [2.75, 3.05) is 21.3 Å². The molecule has 3 amide bonds. The first-order valence-corrected chi connectivity index (χ1v) is 20.6. The lowest BCUT2D eigenvalue weighted by atomic mass is 9.82. The largest absolute Gasteiger partial charge is 0.395 e. The van der Waals surface area contributed by atoms with Gasteiger partial charge in [-0.05, 0) is 84.0 Å². The SMILES string of the molecule is C[C@H](/C=C/CCn1cc(C(CO)c2ccccc2)nn1)[C@@]1(O)C(=O)N(Cc2cccc(N3C(=O)CCc4ccccc43)c2)c2ccc(N3C(=O)CCc4ccccc43)cc21. The summed E-state index contributed by atoms with van der Waals surface area (Å²) in [6.07, 6.45) is 8.27. The number of amides is 3. The predicted octanol–water partition coefficient (Wildman–Crippen LogP) is 7.64. The van der Waals surface area contributed by atoms with Crippen LogP contribution in [-0.2, 0) is 45.9 Å². The van der Waals surface area contributed by atoms with Crippen molar-refractivity contribution >= 4 is 46.2 Å². The number of hydrogen-bond donors (Lipinski definition) is 2. The van der Waals surface area contributed by atoms with Crippen molar-refractivity contribution in [3.05, 3.63) is 173 Å². The Hall–Kier alpha value is -6.69. The van der Waals surface area contributed by atoms with Crippen LogP contribution in [0.15, 0.2) is 140 Å². The smallest absolute Gasteiger partial charge is 0.264 e. The second-order valence-electron chi connectivity index (χ2n) is 15.8. The van der Waals surface area contributed by atoms with E-state index in [1.807, 2.05) is 141 Å². The summed E-state index contributed by atoms with van der Waals surface area (Å²) in [5.41, 5.74) is 6.56. The molecule has 0 saturated heterocycles. The number of hydrogen-bond acceptors (Lipinski definition) is 7. The van der Waals surface area contributed by atoms with E-state index in [1.165, 1.54) is 0 Å². The molecule has 1 aromatic heterocycles. The molecule has 302 valence electrons. The summed E-state index contributed by atoms with van der Waals surface area (Å²) in [6, 6.07) is 38.6. The number of carbonyl (C=O) groups excluding carboxylic acids is 3. The molecule has 6 aromatic rings. The molecule has 0 fully saturated rings. The Morgan fingerprint density at radius 3 is 2.07 bits per heavy atom. The van der Waals surface area contributed by atoms with E-state index in [4.69, 9.17) is 0 Å². The first kappa shape index (κ1) is 38.8. The Bertz CT molecular complexity index is 2620. The van der Waals surface area contributed by atoms with Gasteiger partial charge in [0.05, 0.1) is 41.8 Å². The first-order valence-electron chi connectivity index (χ1n) is 20.6. The predicted molar refractivity (Wildman–Crippen MR) is 230 cm³/mol. The number of nitrogens with zero attached hydrogens (tertiary/aromatic N) is 6. The standard InChI is InChI=1S/C49H46N6O5/c1-33(12-9-10-27-52-31-42(50-51-52)40(32-56)35-14-3-2-4-15-35)49(60)41-29-39(55-44-20-8-6-17-37(44)22-26-47(55)58)23-24-45(41)53(48(49)59)30-34-13-11-18-38(28-34)54-43-19-7-5-16-36(43)21-25-46(54)57/h2-9,11-20,23-24,28-29,31,33,40,56,60H,10,21-22,25-27,30,32H2,1H3/b12-9+/t33-,40?,49+/m1/s1. The normalized spacial score (nSPS) is 18.4. The van der Waals surface area contributed by atoms with E-state index in [2.05, 4.69) is 10.3 Å². The van der Waals surface area contributed by atoms with Crippen LogP contribution >= 0.6 is 0 Å². The third kappa shape index (κ3) is 6.99. The number of aliphatic hydroxyl groups excluding tert-OH is 1. The molecule has 4 heterocycles. The summed E-state index contributed by atoms with van der Waals surface area (Å²) in [7, 11) is 0. The highest BCUT2D eigenvalue weighted by Crippen LogP contribution is 2.48. The number of aryl methyl sites for hydroxylation is 3. The van der Waals surface area contributed by atoms with Crippen LogP contribution in [0.25, 0.3) is 0 Å². The molecule has 3 aliphatic rings. The van der Waals surface area contributed by atoms with Gasteiger partial charge < -0.3 is 15.1 Å².